The van der Waals surface area contributed by atoms with Crippen molar-refractivity contribution in [3.63, 3.8) is 0 Å². The number of aryl methyl sites for hydroxylation is 1. The van der Waals surface area contributed by atoms with Crippen LogP contribution in [0, 0.1) is 12.8 Å². The van der Waals surface area contributed by atoms with Crippen LogP contribution >= 0.6 is 0 Å². The van der Waals surface area contributed by atoms with Crippen LogP contribution in [0.25, 0.3) is 0 Å². The second-order valence-electron chi connectivity index (χ2n) is 3.54. The van der Waals surface area contributed by atoms with Crippen molar-refractivity contribution in [2.75, 3.05) is 0 Å². The van der Waals surface area contributed by atoms with E-state index in [0.717, 1.165) is 11.1 Å². The van der Waals surface area contributed by atoms with Crippen LogP contribution in [0.15, 0.2) is 12.4 Å². The van der Waals surface area contributed by atoms with Crippen LogP contribution < -0.4 is 0 Å². The fourth-order valence-corrected chi connectivity index (χ4v) is 1.87. The molecule has 0 aliphatic heterocycles. The quantitative estimate of drug-likeness (QED) is 0.701. The number of carbonyl (C=O) groups is 1. The van der Waals surface area contributed by atoms with E-state index in [2.05, 4.69) is 4.98 Å². The first-order valence-electron chi connectivity index (χ1n) is 4.33. The van der Waals surface area contributed by atoms with Gasteiger partial charge in [0.2, 0.25) is 0 Å². The molecule has 68 valence electrons. The normalized spacial score (nSPS) is 19.9. The Hall–Kier alpha value is -1.38. The molecule has 3 heteroatoms. The smallest absolute Gasteiger partial charge is 0.307 e. The number of nitrogens with zero attached hydrogens (tertiary/aromatic N) is 1. The van der Waals surface area contributed by atoms with E-state index in [9.17, 15) is 4.79 Å². The van der Waals surface area contributed by atoms with Gasteiger partial charge in [0.25, 0.3) is 0 Å². The number of fused-ring (bicyclic) bond motifs is 1. The predicted molar refractivity (Wildman–Crippen MR) is 47.5 cm³/mol. The molecule has 1 N–H and O–H groups in total. The van der Waals surface area contributed by atoms with Crippen molar-refractivity contribution in [2.45, 2.75) is 19.8 Å². The average molecular weight is 177 g/mol. The molecule has 1 aliphatic carbocycles. The third-order valence-electron chi connectivity index (χ3n) is 2.63. The summed E-state index contributed by atoms with van der Waals surface area (Å²) in [5.74, 6) is -0.937. The second kappa shape index (κ2) is 2.83. The number of carboxylic acids is 1. The lowest BCUT2D eigenvalue weighted by Crippen LogP contribution is -2.12. The molecule has 2 rings (SSSR count). The lowest BCUT2D eigenvalue weighted by molar-refractivity contribution is -0.141. The molecule has 3 nitrogen and oxygen atoms in total. The highest BCUT2D eigenvalue weighted by Crippen LogP contribution is 2.28. The van der Waals surface area contributed by atoms with Gasteiger partial charge in [-0.1, -0.05) is 0 Å². The van der Waals surface area contributed by atoms with Crippen molar-refractivity contribution in [2.24, 2.45) is 5.92 Å². The fourth-order valence-electron chi connectivity index (χ4n) is 1.87. The average Bonchev–Trinajstić information content (AvgIpc) is 2.49. The van der Waals surface area contributed by atoms with Crippen LogP contribution in [-0.4, -0.2) is 16.1 Å². The molecule has 0 bridgehead atoms. The summed E-state index contributed by atoms with van der Waals surface area (Å²) in [6.07, 6.45) is 4.88. The van der Waals surface area contributed by atoms with Gasteiger partial charge < -0.3 is 5.11 Å². The molecule has 13 heavy (non-hydrogen) atoms. The van der Waals surface area contributed by atoms with Gasteiger partial charge >= 0.3 is 5.97 Å². The van der Waals surface area contributed by atoms with Gasteiger partial charge in [-0.3, -0.25) is 9.78 Å². The molecular formula is C10H11NO2. The molecule has 1 unspecified atom stereocenters. The van der Waals surface area contributed by atoms with Crippen LogP contribution in [0.2, 0.25) is 0 Å². The number of rotatable bonds is 1. The Balaban J connectivity index is 2.35. The Morgan fingerprint density at radius 1 is 1.54 bits per heavy atom. The first-order valence-corrected chi connectivity index (χ1v) is 4.33. The van der Waals surface area contributed by atoms with Crippen molar-refractivity contribution < 1.29 is 9.90 Å². The lowest BCUT2D eigenvalue weighted by Gasteiger charge is -2.00. The number of carboxylic acid groups (broad SMARTS) is 1. The fraction of sp³-hybridized carbons (Fsp3) is 0.400. The van der Waals surface area contributed by atoms with Crippen molar-refractivity contribution in [3.05, 3.63) is 29.1 Å². The van der Waals surface area contributed by atoms with Gasteiger partial charge in [-0.05, 0) is 36.5 Å². The number of aliphatic carboxylic acids is 1. The Morgan fingerprint density at radius 3 is 2.92 bits per heavy atom. The highest BCUT2D eigenvalue weighted by molar-refractivity contribution is 5.72. The molecule has 1 aliphatic rings. The van der Waals surface area contributed by atoms with Crippen molar-refractivity contribution in [1.29, 1.82) is 0 Å². The van der Waals surface area contributed by atoms with Gasteiger partial charge in [0.1, 0.15) is 0 Å². The number of aromatic nitrogens is 1. The van der Waals surface area contributed by atoms with Crippen LogP contribution in [0.4, 0.5) is 0 Å². The molecule has 0 amide bonds. The van der Waals surface area contributed by atoms with Crippen molar-refractivity contribution >= 4 is 5.97 Å². The highest BCUT2D eigenvalue weighted by Gasteiger charge is 2.27. The minimum absolute atomic E-state index is 0.238. The SMILES string of the molecule is Cc1cncc2c1CC(C(=O)O)C2. The van der Waals surface area contributed by atoms with Gasteiger partial charge in [-0.2, -0.15) is 0 Å². The summed E-state index contributed by atoms with van der Waals surface area (Å²) < 4.78 is 0. The molecule has 1 atom stereocenters. The molecule has 0 radical (unpaired) electrons. The molecule has 1 aromatic heterocycles. The van der Waals surface area contributed by atoms with Gasteiger partial charge in [0.15, 0.2) is 0 Å². The number of hydrogen-bond donors (Lipinski definition) is 1. The van der Waals surface area contributed by atoms with E-state index in [1.54, 1.807) is 12.4 Å². The van der Waals surface area contributed by atoms with E-state index >= 15 is 0 Å². The van der Waals surface area contributed by atoms with Gasteiger partial charge in [-0.15, -0.1) is 0 Å². The minimum atomic E-state index is -0.699. The Bertz CT molecular complexity index is 360. The highest BCUT2D eigenvalue weighted by atomic mass is 16.4. The van der Waals surface area contributed by atoms with Crippen molar-refractivity contribution in [3.8, 4) is 0 Å². The van der Waals surface area contributed by atoms with E-state index in [1.165, 1.54) is 5.56 Å². The molecule has 0 saturated heterocycles. The standard InChI is InChI=1S/C10H11NO2/c1-6-4-11-5-8-2-7(10(12)13)3-9(6)8/h4-5,7H,2-3H2,1H3,(H,12,13). The summed E-state index contributed by atoms with van der Waals surface area (Å²) in [5, 5.41) is 8.86. The molecule has 0 saturated carbocycles. The van der Waals surface area contributed by atoms with E-state index in [-0.39, 0.29) is 5.92 Å². The molecule has 1 heterocycles. The molecule has 1 aromatic rings. The van der Waals surface area contributed by atoms with E-state index in [1.807, 2.05) is 6.92 Å². The van der Waals surface area contributed by atoms with E-state index < -0.39 is 5.97 Å². The Labute approximate surface area is 76.4 Å². The Kier molecular flexibility index (Phi) is 1.79. The van der Waals surface area contributed by atoms with E-state index in [0.29, 0.717) is 12.8 Å². The van der Waals surface area contributed by atoms with Gasteiger partial charge in [-0.25, -0.2) is 0 Å². The van der Waals surface area contributed by atoms with Crippen molar-refractivity contribution in [1.82, 2.24) is 4.98 Å². The second-order valence-corrected chi connectivity index (χ2v) is 3.54. The van der Waals surface area contributed by atoms with Crippen LogP contribution in [-0.2, 0) is 17.6 Å². The summed E-state index contributed by atoms with van der Waals surface area (Å²) in [4.78, 5) is 14.8. The molecule has 0 aromatic carbocycles. The summed E-state index contributed by atoms with van der Waals surface area (Å²) in [7, 11) is 0. The zero-order valence-corrected chi connectivity index (χ0v) is 7.45. The summed E-state index contributed by atoms with van der Waals surface area (Å²) in [6, 6.07) is 0. The topological polar surface area (TPSA) is 50.2 Å². The van der Waals surface area contributed by atoms with Gasteiger partial charge in [0, 0.05) is 12.4 Å². The lowest BCUT2D eigenvalue weighted by atomic mass is 10.1. The third-order valence-corrected chi connectivity index (χ3v) is 2.63. The first kappa shape index (κ1) is 8.23. The minimum Gasteiger partial charge on any atom is -0.481 e. The third kappa shape index (κ3) is 1.30. The predicted octanol–water partition coefficient (Wildman–Crippen LogP) is 1.19. The molecule has 0 fully saturated rings. The van der Waals surface area contributed by atoms with Gasteiger partial charge in [0.05, 0.1) is 5.92 Å². The summed E-state index contributed by atoms with van der Waals surface area (Å²) in [5.41, 5.74) is 3.40. The monoisotopic (exact) mass is 177 g/mol. The Morgan fingerprint density at radius 2 is 2.31 bits per heavy atom. The summed E-state index contributed by atoms with van der Waals surface area (Å²) >= 11 is 0. The molecule has 0 spiro atoms. The zero-order chi connectivity index (χ0) is 9.42. The largest absolute Gasteiger partial charge is 0.481 e. The summed E-state index contributed by atoms with van der Waals surface area (Å²) in [6.45, 7) is 1.98. The zero-order valence-electron chi connectivity index (χ0n) is 7.45. The number of hydrogen-bond acceptors (Lipinski definition) is 2. The maximum atomic E-state index is 10.8. The van der Waals surface area contributed by atoms with Crippen LogP contribution in [0.1, 0.15) is 16.7 Å². The van der Waals surface area contributed by atoms with Crippen LogP contribution in [0.3, 0.4) is 0 Å². The van der Waals surface area contributed by atoms with Crippen LogP contribution in [0.5, 0.6) is 0 Å². The molecular weight excluding hydrogens is 166 g/mol. The van der Waals surface area contributed by atoms with E-state index in [4.69, 9.17) is 5.11 Å². The first-order chi connectivity index (χ1) is 6.18. The number of pyridine rings is 1. The maximum absolute atomic E-state index is 10.8. The maximum Gasteiger partial charge on any atom is 0.307 e.